The van der Waals surface area contributed by atoms with Crippen LogP contribution in [0.4, 0.5) is 31.9 Å². The van der Waals surface area contributed by atoms with Gasteiger partial charge in [0.05, 0.1) is 12.7 Å². The van der Waals surface area contributed by atoms with Crippen molar-refractivity contribution >= 4 is 35.0 Å². The van der Waals surface area contributed by atoms with Gasteiger partial charge in [0.1, 0.15) is 5.69 Å². The summed E-state index contributed by atoms with van der Waals surface area (Å²) in [6, 6.07) is 6.65. The summed E-state index contributed by atoms with van der Waals surface area (Å²) in [5, 5.41) is 8.28. The van der Waals surface area contributed by atoms with E-state index in [0.29, 0.717) is 24.2 Å². The Morgan fingerprint density at radius 1 is 1.26 bits per heavy atom. The number of carbonyl (C=O) groups is 2. The van der Waals surface area contributed by atoms with Crippen molar-refractivity contribution < 1.29 is 18.4 Å². The first-order valence-corrected chi connectivity index (χ1v) is 11.8. The van der Waals surface area contributed by atoms with E-state index in [9.17, 15) is 18.4 Å². The number of nitrogens with two attached hydrogens (primary N) is 1. The molecule has 9 nitrogen and oxygen atoms in total. The molecule has 35 heavy (non-hydrogen) atoms. The van der Waals surface area contributed by atoms with Gasteiger partial charge in [0.2, 0.25) is 5.95 Å². The average molecular weight is 488 g/mol. The fourth-order valence-electron chi connectivity index (χ4n) is 4.47. The van der Waals surface area contributed by atoms with Gasteiger partial charge in [-0.15, -0.1) is 0 Å². The Morgan fingerprint density at radius 2 is 1.94 bits per heavy atom. The van der Waals surface area contributed by atoms with Crippen molar-refractivity contribution in [1.29, 1.82) is 0 Å². The first-order chi connectivity index (χ1) is 16.6. The Labute approximate surface area is 202 Å². The third-order valence-electron chi connectivity index (χ3n) is 6.38. The van der Waals surface area contributed by atoms with Gasteiger partial charge >= 0.3 is 5.92 Å². The quantitative estimate of drug-likeness (QED) is 0.472. The van der Waals surface area contributed by atoms with E-state index in [-0.39, 0.29) is 29.4 Å². The molecule has 2 aliphatic rings. The second kappa shape index (κ2) is 9.73. The minimum Gasteiger partial charge on any atom is -0.347 e. The van der Waals surface area contributed by atoms with E-state index in [1.54, 1.807) is 24.3 Å². The van der Waals surface area contributed by atoms with Crippen LogP contribution in [0.15, 0.2) is 30.5 Å². The average Bonchev–Trinajstić information content (AvgIpc) is 3.30. The summed E-state index contributed by atoms with van der Waals surface area (Å²) in [5.74, 6) is -4.62. The number of rotatable bonds is 7. The highest BCUT2D eigenvalue weighted by atomic mass is 19.3. The largest absolute Gasteiger partial charge is 0.347 e. The number of benzene rings is 1. The number of fused-ring (bicyclic) bond motifs is 1. The molecule has 11 heteroatoms. The second-order valence-corrected chi connectivity index (χ2v) is 9.73. The minimum atomic E-state index is -3.54. The summed E-state index contributed by atoms with van der Waals surface area (Å²) < 4.78 is 28.9. The van der Waals surface area contributed by atoms with E-state index >= 15 is 0 Å². The van der Waals surface area contributed by atoms with Gasteiger partial charge < -0.3 is 26.6 Å². The maximum Gasteiger partial charge on any atom is 0.341 e. The van der Waals surface area contributed by atoms with Gasteiger partial charge in [0, 0.05) is 22.8 Å². The van der Waals surface area contributed by atoms with Gasteiger partial charge in [0.15, 0.2) is 5.82 Å². The molecular formula is C24H31F2N7O2. The molecule has 1 aliphatic carbocycles. The smallest absolute Gasteiger partial charge is 0.341 e. The predicted octanol–water partition coefficient (Wildman–Crippen LogP) is 3.41. The van der Waals surface area contributed by atoms with E-state index in [0.717, 1.165) is 25.7 Å². The Morgan fingerprint density at radius 3 is 2.60 bits per heavy atom. The van der Waals surface area contributed by atoms with Crippen molar-refractivity contribution in [2.24, 2.45) is 5.73 Å². The van der Waals surface area contributed by atoms with Crippen molar-refractivity contribution in [3.05, 3.63) is 36.0 Å². The van der Waals surface area contributed by atoms with E-state index in [1.807, 2.05) is 13.8 Å². The van der Waals surface area contributed by atoms with E-state index in [4.69, 9.17) is 5.73 Å². The maximum atomic E-state index is 14.5. The monoisotopic (exact) mass is 487 g/mol. The van der Waals surface area contributed by atoms with E-state index in [2.05, 4.69) is 25.9 Å². The first kappa shape index (κ1) is 24.8. The lowest BCUT2D eigenvalue weighted by Crippen LogP contribution is -2.46. The summed E-state index contributed by atoms with van der Waals surface area (Å²) in [6.07, 6.45) is 5.42. The normalized spacial score (nSPS) is 18.0. The molecule has 2 amide bonds. The van der Waals surface area contributed by atoms with Gasteiger partial charge in [-0.2, -0.15) is 13.8 Å². The Balaban J connectivity index is 1.53. The van der Waals surface area contributed by atoms with E-state index in [1.165, 1.54) is 11.1 Å². The lowest BCUT2D eigenvalue weighted by molar-refractivity contribution is -0.138. The van der Waals surface area contributed by atoms with Crippen LogP contribution < -0.4 is 26.6 Å². The fraction of sp³-hybridized carbons (Fsp3) is 0.500. The van der Waals surface area contributed by atoms with Crippen LogP contribution in [-0.2, 0) is 4.79 Å². The maximum absolute atomic E-state index is 14.5. The highest BCUT2D eigenvalue weighted by molar-refractivity contribution is 6.00. The van der Waals surface area contributed by atoms with Crippen LogP contribution in [0.5, 0.6) is 0 Å². The highest BCUT2D eigenvalue weighted by Crippen LogP contribution is 2.37. The Hall–Kier alpha value is -3.34. The van der Waals surface area contributed by atoms with Crippen LogP contribution in [0.3, 0.4) is 0 Å². The molecule has 188 valence electrons. The Kier molecular flexibility index (Phi) is 6.88. The highest BCUT2D eigenvalue weighted by Gasteiger charge is 2.46. The van der Waals surface area contributed by atoms with Gasteiger partial charge in [-0.25, -0.2) is 4.98 Å². The molecule has 1 fully saturated rings. The lowest BCUT2D eigenvalue weighted by Gasteiger charge is -2.31. The standard InChI is InChI=1S/C24H31F2N7O2/c1-23(2,11-12-27)32-20(34)15-7-9-16(10-8-15)29-22-28-13-18-19(31-22)33(17-5-3-4-6-17)14-24(25,26)21(35)30-18/h7-10,13,17H,3-6,11-12,14,27H2,1-2H3,(H,30,35)(H,32,34)(H,28,29,31). The van der Waals surface area contributed by atoms with Crippen LogP contribution in [0.1, 0.15) is 56.3 Å². The van der Waals surface area contributed by atoms with Crippen LogP contribution in [-0.4, -0.2) is 52.4 Å². The summed E-state index contributed by atoms with van der Waals surface area (Å²) >= 11 is 0. The molecule has 5 N–H and O–H groups in total. The first-order valence-electron chi connectivity index (χ1n) is 11.8. The molecule has 0 atom stereocenters. The van der Waals surface area contributed by atoms with Gasteiger partial charge in [0.25, 0.3) is 11.8 Å². The lowest BCUT2D eigenvalue weighted by atomic mass is 10.00. The SMILES string of the molecule is CC(C)(CCN)NC(=O)c1ccc(Nc2ncc3c(n2)N(C2CCCC2)CC(F)(F)C(=O)N3)cc1. The number of aromatic nitrogens is 2. The Bertz CT molecular complexity index is 1090. The van der Waals surface area contributed by atoms with Crippen LogP contribution in [0.25, 0.3) is 0 Å². The zero-order valence-electron chi connectivity index (χ0n) is 19.9. The minimum absolute atomic E-state index is 0.114. The number of alkyl halides is 2. The van der Waals surface area contributed by atoms with Gasteiger partial charge in [-0.3, -0.25) is 9.59 Å². The summed E-state index contributed by atoms with van der Waals surface area (Å²) in [5.41, 5.74) is 6.46. The molecule has 1 aromatic heterocycles. The van der Waals surface area contributed by atoms with Crippen molar-refractivity contribution in [1.82, 2.24) is 15.3 Å². The van der Waals surface area contributed by atoms with E-state index < -0.39 is 23.9 Å². The number of anilines is 4. The van der Waals surface area contributed by atoms with Crippen LogP contribution in [0.2, 0.25) is 0 Å². The number of amides is 2. The third-order valence-corrected chi connectivity index (χ3v) is 6.38. The van der Waals surface area contributed by atoms with Crippen LogP contribution in [0, 0.1) is 0 Å². The van der Waals surface area contributed by atoms with Crippen molar-refractivity contribution in [2.75, 3.05) is 28.6 Å². The fourth-order valence-corrected chi connectivity index (χ4v) is 4.47. The van der Waals surface area contributed by atoms with Crippen molar-refractivity contribution in [2.45, 2.75) is 63.5 Å². The molecule has 0 bridgehead atoms. The number of nitrogens with one attached hydrogen (secondary N) is 3. The van der Waals surface area contributed by atoms with Gasteiger partial charge in [-0.1, -0.05) is 12.8 Å². The molecule has 2 heterocycles. The zero-order valence-corrected chi connectivity index (χ0v) is 19.9. The summed E-state index contributed by atoms with van der Waals surface area (Å²) in [6.45, 7) is 3.57. The van der Waals surface area contributed by atoms with Crippen LogP contribution >= 0.6 is 0 Å². The number of hydrogen-bond donors (Lipinski definition) is 4. The number of hydrogen-bond acceptors (Lipinski definition) is 7. The molecular weight excluding hydrogens is 456 g/mol. The predicted molar refractivity (Wildman–Crippen MR) is 130 cm³/mol. The third kappa shape index (κ3) is 5.67. The molecule has 0 saturated heterocycles. The van der Waals surface area contributed by atoms with Crippen molar-refractivity contribution in [3.8, 4) is 0 Å². The van der Waals surface area contributed by atoms with Gasteiger partial charge in [-0.05, 0) is 63.9 Å². The second-order valence-electron chi connectivity index (χ2n) is 9.73. The molecule has 0 spiro atoms. The molecule has 1 aromatic carbocycles. The number of halogens is 2. The zero-order chi connectivity index (χ0) is 25.2. The molecule has 2 aromatic rings. The summed E-state index contributed by atoms with van der Waals surface area (Å²) in [4.78, 5) is 34.8. The molecule has 4 rings (SSSR count). The molecule has 0 radical (unpaired) electrons. The molecule has 1 aliphatic heterocycles. The van der Waals surface area contributed by atoms with Crippen molar-refractivity contribution in [3.63, 3.8) is 0 Å². The number of nitrogens with zero attached hydrogens (tertiary/aromatic N) is 3. The topological polar surface area (TPSA) is 125 Å². The number of carbonyl (C=O) groups excluding carboxylic acids is 2. The molecule has 1 saturated carbocycles. The molecule has 0 unspecified atom stereocenters. The summed E-state index contributed by atoms with van der Waals surface area (Å²) in [7, 11) is 0.